The van der Waals surface area contributed by atoms with Crippen LogP contribution in [0.2, 0.25) is 0 Å². The van der Waals surface area contributed by atoms with E-state index in [1.54, 1.807) is 0 Å². The second-order valence-electron chi connectivity index (χ2n) is 3.67. The number of benzene rings is 2. The third-order valence-corrected chi connectivity index (χ3v) is 3.43. The highest BCUT2D eigenvalue weighted by molar-refractivity contribution is 7.95. The average Bonchev–Trinajstić information content (AvgIpc) is 2.26. The Hall–Kier alpha value is -0.820. The zero-order valence-corrected chi connectivity index (χ0v) is 11.5. The highest BCUT2D eigenvalue weighted by atomic mass is 35.7. The first-order chi connectivity index (χ1) is 8.29. The van der Waals surface area contributed by atoms with Crippen LogP contribution in [-0.2, 0) is 10.9 Å². The summed E-state index contributed by atoms with van der Waals surface area (Å²) in [5.41, 5.74) is 0. The summed E-state index contributed by atoms with van der Waals surface area (Å²) < 4.78 is 34.0. The van der Waals surface area contributed by atoms with Crippen LogP contribution in [0.15, 0.2) is 47.4 Å². The van der Waals surface area contributed by atoms with Crippen LogP contribution in [0.25, 0.3) is 10.8 Å². The van der Waals surface area contributed by atoms with Crippen molar-refractivity contribution in [2.75, 3.05) is 12.5 Å². The molecule has 0 spiro atoms. The molecule has 0 N–H and O–H groups in total. The molecule has 0 unspecified atom stereocenters. The number of halogens is 1. The molecule has 4 nitrogen and oxygen atoms in total. The van der Waals surface area contributed by atoms with Crippen molar-refractivity contribution in [1.29, 1.82) is 0 Å². The SMILES string of the molecule is C[S+](C)c1cccc2ccccc12.[O-][Cl+3]([O-])([O-])[O-]. The molecule has 0 fully saturated rings. The predicted octanol–water partition coefficient (Wildman–Crippen LogP) is -1.68. The second-order valence-corrected chi connectivity index (χ2v) is 6.50. The van der Waals surface area contributed by atoms with E-state index in [1.165, 1.54) is 15.7 Å². The van der Waals surface area contributed by atoms with Crippen molar-refractivity contribution in [3.05, 3.63) is 42.5 Å². The van der Waals surface area contributed by atoms with Crippen molar-refractivity contribution < 1.29 is 28.9 Å². The minimum Gasteiger partial charge on any atom is -0.222 e. The Balaban J connectivity index is 0.000000280. The lowest BCUT2D eigenvalue weighted by Gasteiger charge is -2.17. The molecular formula is C12H13ClO4S. The topological polar surface area (TPSA) is 92.2 Å². The van der Waals surface area contributed by atoms with Crippen molar-refractivity contribution >= 4 is 21.7 Å². The van der Waals surface area contributed by atoms with Crippen molar-refractivity contribution in [2.24, 2.45) is 0 Å². The Labute approximate surface area is 111 Å². The minimum absolute atomic E-state index is 0.346. The van der Waals surface area contributed by atoms with Gasteiger partial charge >= 0.3 is 0 Å². The van der Waals surface area contributed by atoms with Crippen molar-refractivity contribution in [3.8, 4) is 0 Å². The van der Waals surface area contributed by atoms with E-state index in [2.05, 4.69) is 55.0 Å². The Morgan fingerprint density at radius 1 is 0.833 bits per heavy atom. The monoisotopic (exact) mass is 288 g/mol. The van der Waals surface area contributed by atoms with Gasteiger partial charge in [-0.3, -0.25) is 0 Å². The fourth-order valence-electron chi connectivity index (χ4n) is 1.55. The van der Waals surface area contributed by atoms with Gasteiger partial charge in [0.1, 0.15) is 12.5 Å². The molecule has 0 aliphatic rings. The highest BCUT2D eigenvalue weighted by Crippen LogP contribution is 2.22. The van der Waals surface area contributed by atoms with E-state index in [1.807, 2.05) is 0 Å². The van der Waals surface area contributed by atoms with E-state index in [0.29, 0.717) is 10.9 Å². The van der Waals surface area contributed by atoms with Crippen LogP contribution in [0, 0.1) is 10.2 Å². The summed E-state index contributed by atoms with van der Waals surface area (Å²) in [7, 11) is -4.60. The largest absolute Gasteiger partial charge is 0.222 e. The summed E-state index contributed by atoms with van der Waals surface area (Å²) >= 11 is 0. The smallest absolute Gasteiger partial charge is 0.162 e. The van der Waals surface area contributed by atoms with Gasteiger partial charge in [-0.15, -0.1) is 10.2 Å². The minimum atomic E-state index is -4.94. The third-order valence-electron chi connectivity index (χ3n) is 2.19. The standard InChI is InChI=1S/C12H13S.ClHO4/c1-13(2)12-9-5-7-10-6-3-4-8-11(10)12;2-1(3,4)5/h3-9H,1-2H3;(H,2,3,4,5)/q+1;/p-1. The third kappa shape index (κ3) is 5.22. The summed E-state index contributed by atoms with van der Waals surface area (Å²) in [4.78, 5) is 1.47. The molecule has 98 valence electrons. The van der Waals surface area contributed by atoms with Gasteiger partial charge in [-0.25, -0.2) is 18.6 Å². The van der Waals surface area contributed by atoms with Crippen LogP contribution in [0.4, 0.5) is 0 Å². The number of rotatable bonds is 1. The molecule has 0 saturated carbocycles. The molecule has 0 heterocycles. The molecule has 0 aliphatic heterocycles. The lowest BCUT2D eigenvalue weighted by Crippen LogP contribution is -2.68. The maximum atomic E-state index is 8.49. The maximum Gasteiger partial charge on any atom is 0.162 e. The first kappa shape index (κ1) is 15.2. The summed E-state index contributed by atoms with van der Waals surface area (Å²) in [6, 6.07) is 15.1. The molecular weight excluding hydrogens is 276 g/mol. The Kier molecular flexibility index (Phi) is 5.40. The molecule has 2 aromatic carbocycles. The molecule has 2 aromatic rings. The predicted molar refractivity (Wildman–Crippen MR) is 61.4 cm³/mol. The molecule has 0 atom stereocenters. The zero-order chi connectivity index (χ0) is 13.8. The van der Waals surface area contributed by atoms with Crippen molar-refractivity contribution in [2.45, 2.75) is 4.90 Å². The van der Waals surface area contributed by atoms with Gasteiger partial charge in [0, 0.05) is 16.3 Å². The normalized spacial score (nSPS) is 11.3. The van der Waals surface area contributed by atoms with Crippen LogP contribution in [0.1, 0.15) is 0 Å². The first-order valence-electron chi connectivity index (χ1n) is 4.96. The summed E-state index contributed by atoms with van der Waals surface area (Å²) in [6.45, 7) is 0. The van der Waals surface area contributed by atoms with Gasteiger partial charge in [0.15, 0.2) is 4.90 Å². The molecule has 0 aromatic heterocycles. The second kappa shape index (κ2) is 6.38. The van der Waals surface area contributed by atoms with Crippen LogP contribution in [-0.4, -0.2) is 12.5 Å². The number of hydrogen-bond acceptors (Lipinski definition) is 4. The molecule has 0 saturated heterocycles. The molecule has 0 amide bonds. The summed E-state index contributed by atoms with van der Waals surface area (Å²) in [6.07, 6.45) is 4.53. The van der Waals surface area contributed by atoms with E-state index in [0.717, 1.165) is 0 Å². The van der Waals surface area contributed by atoms with Crippen LogP contribution >= 0.6 is 0 Å². The van der Waals surface area contributed by atoms with E-state index < -0.39 is 10.2 Å². The Bertz CT molecular complexity index is 499. The van der Waals surface area contributed by atoms with Crippen LogP contribution < -0.4 is 18.6 Å². The summed E-state index contributed by atoms with van der Waals surface area (Å²) in [5, 5.41) is 2.75. The van der Waals surface area contributed by atoms with E-state index >= 15 is 0 Å². The maximum absolute atomic E-state index is 8.49. The first-order valence-corrected chi connectivity index (χ1v) is 8.23. The van der Waals surface area contributed by atoms with Crippen molar-refractivity contribution in [3.63, 3.8) is 0 Å². The van der Waals surface area contributed by atoms with E-state index in [4.69, 9.17) is 18.6 Å². The van der Waals surface area contributed by atoms with Gasteiger partial charge in [-0.2, -0.15) is 0 Å². The zero-order valence-electron chi connectivity index (χ0n) is 9.96. The highest BCUT2D eigenvalue weighted by Gasteiger charge is 2.11. The van der Waals surface area contributed by atoms with Gasteiger partial charge in [-0.05, 0) is 17.5 Å². The van der Waals surface area contributed by atoms with E-state index in [-0.39, 0.29) is 0 Å². The van der Waals surface area contributed by atoms with Gasteiger partial charge < -0.3 is 0 Å². The lowest BCUT2D eigenvalue weighted by molar-refractivity contribution is -2.00. The number of hydrogen-bond donors (Lipinski definition) is 0. The number of fused-ring (bicyclic) bond motifs is 1. The fraction of sp³-hybridized carbons (Fsp3) is 0.167. The molecule has 0 bridgehead atoms. The van der Waals surface area contributed by atoms with Crippen LogP contribution in [0.5, 0.6) is 0 Å². The molecule has 2 rings (SSSR count). The van der Waals surface area contributed by atoms with Crippen LogP contribution in [0.3, 0.4) is 0 Å². The molecule has 18 heavy (non-hydrogen) atoms. The van der Waals surface area contributed by atoms with Gasteiger partial charge in [-0.1, -0.05) is 30.3 Å². The molecule has 6 heteroatoms. The molecule has 0 aliphatic carbocycles. The fourth-order valence-corrected chi connectivity index (χ4v) is 2.53. The van der Waals surface area contributed by atoms with Gasteiger partial charge in [0.05, 0.1) is 0 Å². The molecule has 0 radical (unpaired) electrons. The average molecular weight is 289 g/mol. The Morgan fingerprint density at radius 3 is 1.89 bits per heavy atom. The quantitative estimate of drug-likeness (QED) is 0.586. The van der Waals surface area contributed by atoms with Crippen molar-refractivity contribution in [1.82, 2.24) is 0 Å². The summed E-state index contributed by atoms with van der Waals surface area (Å²) in [5.74, 6) is 0. The Morgan fingerprint density at radius 2 is 1.33 bits per heavy atom. The van der Waals surface area contributed by atoms with Gasteiger partial charge in [0.2, 0.25) is 0 Å². The lowest BCUT2D eigenvalue weighted by atomic mass is 10.1. The van der Waals surface area contributed by atoms with E-state index in [9.17, 15) is 0 Å². The van der Waals surface area contributed by atoms with Gasteiger partial charge in [0.25, 0.3) is 0 Å².